The number of nitrogens with one attached hydrogen (secondary N) is 1. The van der Waals surface area contributed by atoms with Crippen LogP contribution in [0.3, 0.4) is 0 Å². The zero-order valence-corrected chi connectivity index (χ0v) is 17.6. The van der Waals surface area contributed by atoms with Gasteiger partial charge in [0.15, 0.2) is 5.69 Å². The van der Waals surface area contributed by atoms with Gasteiger partial charge in [-0.1, -0.05) is 5.21 Å². The molecule has 1 unspecified atom stereocenters. The van der Waals surface area contributed by atoms with Crippen molar-refractivity contribution in [2.75, 3.05) is 13.1 Å². The van der Waals surface area contributed by atoms with Crippen molar-refractivity contribution < 1.29 is 14.3 Å². The van der Waals surface area contributed by atoms with Crippen LogP contribution in [-0.4, -0.2) is 56.6 Å². The number of nitrogens with zero attached hydrogens (tertiary/aromatic N) is 4. The van der Waals surface area contributed by atoms with E-state index in [1.54, 1.807) is 15.8 Å². The number of amides is 2. The second-order valence-electron chi connectivity index (χ2n) is 9.29. The highest BCUT2D eigenvalue weighted by Gasteiger charge is 2.30. The molecule has 1 atom stereocenters. The fourth-order valence-electron chi connectivity index (χ4n) is 3.00. The third-order valence-corrected chi connectivity index (χ3v) is 4.67. The molecule has 1 aliphatic rings. The smallest absolute Gasteiger partial charge is 0.410 e. The second-order valence-corrected chi connectivity index (χ2v) is 9.29. The molecule has 0 aliphatic carbocycles. The van der Waals surface area contributed by atoms with Crippen LogP contribution < -0.4 is 5.32 Å². The summed E-state index contributed by atoms with van der Waals surface area (Å²) in [7, 11) is 0. The average molecular weight is 380 g/mol. The Morgan fingerprint density at radius 3 is 2.26 bits per heavy atom. The molecular weight excluding hydrogens is 346 g/mol. The molecule has 27 heavy (non-hydrogen) atoms. The summed E-state index contributed by atoms with van der Waals surface area (Å²) in [5, 5.41) is 11.0. The highest BCUT2D eigenvalue weighted by molar-refractivity contribution is 5.92. The Labute approximate surface area is 161 Å². The first-order valence-electron chi connectivity index (χ1n) is 9.58. The van der Waals surface area contributed by atoms with Gasteiger partial charge in [0.25, 0.3) is 5.91 Å². The van der Waals surface area contributed by atoms with Gasteiger partial charge in [-0.15, -0.1) is 5.10 Å². The van der Waals surface area contributed by atoms with Crippen LogP contribution >= 0.6 is 0 Å². The van der Waals surface area contributed by atoms with Crippen LogP contribution in [0.4, 0.5) is 4.79 Å². The van der Waals surface area contributed by atoms with Crippen LogP contribution in [-0.2, 0) is 10.3 Å². The van der Waals surface area contributed by atoms with Gasteiger partial charge in [0.05, 0.1) is 11.7 Å². The van der Waals surface area contributed by atoms with Crippen molar-refractivity contribution in [3.63, 3.8) is 0 Å². The van der Waals surface area contributed by atoms with E-state index in [1.165, 1.54) is 0 Å². The molecule has 1 aromatic rings. The first-order chi connectivity index (χ1) is 12.4. The van der Waals surface area contributed by atoms with Gasteiger partial charge in [0.2, 0.25) is 0 Å². The van der Waals surface area contributed by atoms with E-state index in [9.17, 15) is 9.59 Å². The zero-order chi connectivity index (χ0) is 20.4. The minimum absolute atomic E-state index is 0.00178. The lowest BCUT2D eigenvalue weighted by Crippen LogP contribution is -2.46. The number of hydrogen-bond donors (Lipinski definition) is 1. The molecule has 2 heterocycles. The number of carbonyl (C=O) groups excluding carboxylic acids is 2. The number of carbonyl (C=O) groups is 2. The molecule has 2 rings (SSSR count). The van der Waals surface area contributed by atoms with Crippen molar-refractivity contribution in [3.05, 3.63) is 11.9 Å². The molecule has 1 aromatic heterocycles. The average Bonchev–Trinajstić information content (AvgIpc) is 3.03. The molecule has 0 aromatic carbocycles. The zero-order valence-electron chi connectivity index (χ0n) is 17.6. The maximum Gasteiger partial charge on any atom is 0.410 e. The summed E-state index contributed by atoms with van der Waals surface area (Å²) in [6.45, 7) is 14.9. The third-order valence-electron chi connectivity index (χ3n) is 4.67. The number of ether oxygens (including phenoxy) is 1. The molecule has 1 saturated heterocycles. The SMILES string of the molecule is CC(NC(=O)c1cn(C(C)(C)C)nn1)C1CCN(C(=O)OC(C)(C)C)CC1. The topological polar surface area (TPSA) is 89.4 Å². The number of piperidine rings is 1. The Balaban J connectivity index is 1.85. The van der Waals surface area contributed by atoms with Gasteiger partial charge in [-0.25, -0.2) is 9.48 Å². The van der Waals surface area contributed by atoms with Crippen LogP contribution in [0, 0.1) is 5.92 Å². The minimum atomic E-state index is -0.486. The van der Waals surface area contributed by atoms with Gasteiger partial charge in [0.1, 0.15) is 5.60 Å². The Morgan fingerprint density at radius 1 is 1.19 bits per heavy atom. The predicted molar refractivity (Wildman–Crippen MR) is 102 cm³/mol. The van der Waals surface area contributed by atoms with Gasteiger partial charge >= 0.3 is 6.09 Å². The molecule has 152 valence electrons. The van der Waals surface area contributed by atoms with E-state index >= 15 is 0 Å². The summed E-state index contributed by atoms with van der Waals surface area (Å²) in [5.74, 6) is 0.0952. The summed E-state index contributed by atoms with van der Waals surface area (Å²) in [4.78, 5) is 26.3. The number of likely N-dealkylation sites (tertiary alicyclic amines) is 1. The molecule has 0 bridgehead atoms. The third kappa shape index (κ3) is 5.94. The molecule has 0 saturated carbocycles. The fourth-order valence-corrected chi connectivity index (χ4v) is 3.00. The highest BCUT2D eigenvalue weighted by Crippen LogP contribution is 2.22. The molecule has 8 heteroatoms. The van der Waals surface area contributed by atoms with E-state index in [4.69, 9.17) is 4.74 Å². The molecule has 1 aliphatic heterocycles. The van der Waals surface area contributed by atoms with Crippen molar-refractivity contribution in [2.24, 2.45) is 5.92 Å². The highest BCUT2D eigenvalue weighted by atomic mass is 16.6. The standard InChI is InChI=1S/C19H33N5O3/c1-13(20-16(25)15-12-24(22-21-15)18(2,3)4)14-8-10-23(11-9-14)17(26)27-19(5,6)7/h12-14H,8-11H2,1-7H3,(H,20,25). The Hall–Kier alpha value is -2.12. The van der Waals surface area contributed by atoms with Crippen molar-refractivity contribution in [1.29, 1.82) is 0 Å². The lowest BCUT2D eigenvalue weighted by molar-refractivity contribution is 0.0170. The number of aromatic nitrogens is 3. The predicted octanol–water partition coefficient (Wildman–Crippen LogP) is 2.80. The van der Waals surface area contributed by atoms with Crippen LogP contribution in [0.25, 0.3) is 0 Å². The molecule has 8 nitrogen and oxygen atoms in total. The van der Waals surface area contributed by atoms with Gasteiger partial charge in [-0.2, -0.15) is 0 Å². The van der Waals surface area contributed by atoms with Gasteiger partial charge < -0.3 is 15.0 Å². The summed E-state index contributed by atoms with van der Waals surface area (Å²) >= 11 is 0. The lowest BCUT2D eigenvalue weighted by Gasteiger charge is -2.35. The lowest BCUT2D eigenvalue weighted by atomic mass is 9.90. The largest absolute Gasteiger partial charge is 0.444 e. The quantitative estimate of drug-likeness (QED) is 0.872. The number of rotatable bonds is 3. The Kier molecular flexibility index (Phi) is 6.17. The molecule has 0 radical (unpaired) electrons. The summed E-state index contributed by atoms with van der Waals surface area (Å²) in [6, 6.07) is -0.00178. The van der Waals surface area contributed by atoms with E-state index in [2.05, 4.69) is 15.6 Å². The second kappa shape index (κ2) is 7.86. The van der Waals surface area contributed by atoms with Crippen LogP contribution in [0.15, 0.2) is 6.20 Å². The molecule has 0 spiro atoms. The van der Waals surface area contributed by atoms with E-state index in [0.29, 0.717) is 24.7 Å². The first-order valence-corrected chi connectivity index (χ1v) is 9.58. The molecule has 2 amide bonds. The monoisotopic (exact) mass is 379 g/mol. The number of hydrogen-bond acceptors (Lipinski definition) is 5. The van der Waals surface area contributed by atoms with E-state index in [0.717, 1.165) is 12.8 Å². The Bertz CT molecular complexity index is 664. The maximum atomic E-state index is 12.5. The van der Waals surface area contributed by atoms with Gasteiger partial charge in [-0.05, 0) is 67.2 Å². The summed E-state index contributed by atoms with van der Waals surface area (Å²) in [5.41, 5.74) is -0.381. The van der Waals surface area contributed by atoms with E-state index in [1.807, 2.05) is 48.5 Å². The van der Waals surface area contributed by atoms with Gasteiger partial charge in [-0.3, -0.25) is 4.79 Å². The van der Waals surface area contributed by atoms with Crippen molar-refractivity contribution in [1.82, 2.24) is 25.2 Å². The van der Waals surface area contributed by atoms with Gasteiger partial charge in [0, 0.05) is 19.1 Å². The molecular formula is C19H33N5O3. The van der Waals surface area contributed by atoms with Crippen LogP contribution in [0.1, 0.15) is 71.8 Å². The summed E-state index contributed by atoms with van der Waals surface area (Å²) < 4.78 is 7.11. The van der Waals surface area contributed by atoms with E-state index in [-0.39, 0.29) is 23.6 Å². The Morgan fingerprint density at radius 2 is 1.78 bits per heavy atom. The fraction of sp³-hybridized carbons (Fsp3) is 0.789. The summed E-state index contributed by atoms with van der Waals surface area (Å²) in [6.07, 6.45) is 3.06. The van der Waals surface area contributed by atoms with Crippen molar-refractivity contribution in [3.8, 4) is 0 Å². The normalized spacial score (nSPS) is 17.5. The van der Waals surface area contributed by atoms with E-state index < -0.39 is 5.60 Å². The first kappa shape index (κ1) is 21.2. The van der Waals surface area contributed by atoms with Crippen molar-refractivity contribution >= 4 is 12.0 Å². The minimum Gasteiger partial charge on any atom is -0.444 e. The van der Waals surface area contributed by atoms with Crippen LogP contribution in [0.5, 0.6) is 0 Å². The van der Waals surface area contributed by atoms with Crippen molar-refractivity contribution in [2.45, 2.75) is 78.5 Å². The maximum absolute atomic E-state index is 12.5. The van der Waals surface area contributed by atoms with Crippen LogP contribution in [0.2, 0.25) is 0 Å². The molecule has 1 fully saturated rings. The molecule has 1 N–H and O–H groups in total.